The predicted molar refractivity (Wildman–Crippen MR) is 123 cm³/mol. The minimum Gasteiger partial charge on any atom is -0.301 e. The maximum Gasteiger partial charge on any atom is 0.392 e. The number of halogens is 6. The van der Waals surface area contributed by atoms with Gasteiger partial charge >= 0.3 is 12.4 Å². The second-order valence-corrected chi connectivity index (χ2v) is 9.46. The monoisotopic (exact) mass is 485 g/mol. The average molecular weight is 486 g/mol. The minimum atomic E-state index is -4.84. The largest absolute Gasteiger partial charge is 0.392 e. The van der Waals surface area contributed by atoms with Gasteiger partial charge in [-0.25, -0.2) is 0 Å². The quantitative estimate of drug-likeness (QED) is 0.328. The van der Waals surface area contributed by atoms with Crippen LogP contribution in [0.25, 0.3) is 0 Å². The minimum absolute atomic E-state index is 0.364. The first kappa shape index (κ1) is 26.6. The molecule has 3 rings (SSSR count). The van der Waals surface area contributed by atoms with E-state index in [1.54, 1.807) is 12.1 Å². The van der Waals surface area contributed by atoms with Gasteiger partial charge in [0, 0.05) is 12.6 Å². The first-order valence-electron chi connectivity index (χ1n) is 12.0. The highest BCUT2D eigenvalue weighted by molar-refractivity contribution is 5.27. The summed E-state index contributed by atoms with van der Waals surface area (Å²) in [6.07, 6.45) is -7.96. The molecule has 1 aliphatic carbocycles. The van der Waals surface area contributed by atoms with Crippen LogP contribution < -0.4 is 0 Å². The molecule has 2 aromatic carbocycles. The second-order valence-electron chi connectivity index (χ2n) is 9.46. The highest BCUT2D eigenvalue weighted by Gasteiger charge is 2.59. The third-order valence-electron chi connectivity index (χ3n) is 7.27. The molecule has 0 spiro atoms. The summed E-state index contributed by atoms with van der Waals surface area (Å²) in [7, 11) is 0. The number of alkyl halides is 6. The standard InChI is InChI=1S/C27H33F6N/c1-3-34(16-15-20-7-5-4-6-8-20)19(2)9-10-21-11-13-22(14-12-21)23-17-24(26(28,29)30)25(18-23)27(31,32)33/h4-8,11-14,19,23-25H,3,9-10,15-18H2,1-2H3. The molecule has 2 aromatic rings. The smallest absolute Gasteiger partial charge is 0.301 e. The summed E-state index contributed by atoms with van der Waals surface area (Å²) in [5, 5.41) is 0. The Bertz CT molecular complexity index is 853. The second kappa shape index (κ2) is 11.1. The van der Waals surface area contributed by atoms with Crippen molar-refractivity contribution in [2.75, 3.05) is 13.1 Å². The van der Waals surface area contributed by atoms with Gasteiger partial charge in [0.25, 0.3) is 0 Å². The molecule has 1 fully saturated rings. The van der Waals surface area contributed by atoms with Crippen LogP contribution in [0.2, 0.25) is 0 Å². The number of nitrogens with zero attached hydrogens (tertiary/aromatic N) is 1. The van der Waals surface area contributed by atoms with Crippen LogP contribution in [0, 0.1) is 11.8 Å². The van der Waals surface area contributed by atoms with E-state index in [1.807, 2.05) is 30.3 Å². The van der Waals surface area contributed by atoms with E-state index in [9.17, 15) is 26.3 Å². The van der Waals surface area contributed by atoms with Crippen molar-refractivity contribution >= 4 is 0 Å². The molecule has 188 valence electrons. The van der Waals surface area contributed by atoms with Gasteiger partial charge in [-0.15, -0.1) is 0 Å². The Kier molecular flexibility index (Phi) is 8.72. The van der Waals surface area contributed by atoms with Crippen LogP contribution in [0.15, 0.2) is 54.6 Å². The lowest BCUT2D eigenvalue weighted by Crippen LogP contribution is -2.35. The Labute approximate surface area is 198 Å². The summed E-state index contributed by atoms with van der Waals surface area (Å²) in [4.78, 5) is 2.43. The van der Waals surface area contributed by atoms with Gasteiger partial charge in [0.1, 0.15) is 0 Å². The van der Waals surface area contributed by atoms with Gasteiger partial charge in [-0.05, 0) is 68.2 Å². The summed E-state index contributed by atoms with van der Waals surface area (Å²) in [6, 6.07) is 17.8. The molecule has 0 N–H and O–H groups in total. The van der Waals surface area contributed by atoms with E-state index in [1.165, 1.54) is 5.56 Å². The van der Waals surface area contributed by atoms with E-state index in [0.717, 1.165) is 37.9 Å². The fourth-order valence-electron chi connectivity index (χ4n) is 5.16. The number of hydrogen-bond donors (Lipinski definition) is 0. The molecule has 1 aliphatic rings. The van der Waals surface area contributed by atoms with Gasteiger partial charge in [0.15, 0.2) is 0 Å². The van der Waals surface area contributed by atoms with Crippen LogP contribution in [-0.4, -0.2) is 36.4 Å². The first-order chi connectivity index (χ1) is 16.0. The topological polar surface area (TPSA) is 3.24 Å². The van der Waals surface area contributed by atoms with E-state index >= 15 is 0 Å². The molecule has 0 aromatic heterocycles. The highest BCUT2D eigenvalue weighted by atomic mass is 19.4. The van der Waals surface area contributed by atoms with Crippen LogP contribution >= 0.6 is 0 Å². The van der Waals surface area contributed by atoms with Gasteiger partial charge < -0.3 is 4.90 Å². The maximum atomic E-state index is 13.2. The molecular weight excluding hydrogens is 452 g/mol. The fraction of sp³-hybridized carbons (Fsp3) is 0.556. The molecule has 0 saturated heterocycles. The molecule has 1 saturated carbocycles. The van der Waals surface area contributed by atoms with E-state index in [-0.39, 0.29) is 0 Å². The zero-order valence-corrected chi connectivity index (χ0v) is 19.7. The molecule has 7 heteroatoms. The zero-order chi connectivity index (χ0) is 24.9. The van der Waals surface area contributed by atoms with Crippen molar-refractivity contribution in [1.82, 2.24) is 4.90 Å². The van der Waals surface area contributed by atoms with Crippen LogP contribution in [-0.2, 0) is 12.8 Å². The van der Waals surface area contributed by atoms with Gasteiger partial charge in [-0.1, -0.05) is 61.5 Å². The summed E-state index contributed by atoms with van der Waals surface area (Å²) in [5.41, 5.74) is 2.92. The average Bonchev–Trinajstić information content (AvgIpc) is 3.26. The third kappa shape index (κ3) is 7.00. The number of benzene rings is 2. The van der Waals surface area contributed by atoms with Gasteiger partial charge in [0.05, 0.1) is 11.8 Å². The SMILES string of the molecule is CCN(CCc1ccccc1)C(C)CCc1ccc(C2CC(C(F)(F)F)C(C(F)(F)F)C2)cc1. The summed E-state index contributed by atoms with van der Waals surface area (Å²) >= 11 is 0. The Morgan fingerprint density at radius 1 is 0.794 bits per heavy atom. The number of aryl methyl sites for hydroxylation is 1. The van der Waals surface area contributed by atoms with Gasteiger partial charge in [-0.3, -0.25) is 0 Å². The Balaban J connectivity index is 1.55. The third-order valence-corrected chi connectivity index (χ3v) is 7.27. The zero-order valence-electron chi connectivity index (χ0n) is 19.7. The van der Waals surface area contributed by atoms with Crippen molar-refractivity contribution in [2.24, 2.45) is 11.8 Å². The van der Waals surface area contributed by atoms with E-state index < -0.39 is 42.9 Å². The lowest BCUT2D eigenvalue weighted by molar-refractivity contribution is -0.245. The molecule has 3 atom stereocenters. The van der Waals surface area contributed by atoms with Crippen molar-refractivity contribution in [3.8, 4) is 0 Å². The molecule has 0 amide bonds. The highest BCUT2D eigenvalue weighted by Crippen LogP contribution is 2.54. The van der Waals surface area contributed by atoms with Crippen LogP contribution in [0.4, 0.5) is 26.3 Å². The normalized spacial score (nSPS) is 22.3. The summed E-state index contributed by atoms with van der Waals surface area (Å²) in [5.74, 6) is -5.37. The lowest BCUT2D eigenvalue weighted by atomic mass is 9.94. The molecule has 1 nitrogen and oxygen atoms in total. The Morgan fingerprint density at radius 2 is 1.32 bits per heavy atom. The number of likely N-dealkylation sites (N-methyl/N-ethyl adjacent to an activating group) is 1. The van der Waals surface area contributed by atoms with Crippen molar-refractivity contribution in [1.29, 1.82) is 0 Å². The summed E-state index contributed by atoms with van der Waals surface area (Å²) in [6.45, 7) is 6.23. The molecule has 0 bridgehead atoms. The first-order valence-corrected chi connectivity index (χ1v) is 12.0. The van der Waals surface area contributed by atoms with Crippen molar-refractivity contribution < 1.29 is 26.3 Å². The number of hydrogen-bond acceptors (Lipinski definition) is 1. The van der Waals surface area contributed by atoms with Crippen molar-refractivity contribution in [3.63, 3.8) is 0 Å². The van der Waals surface area contributed by atoms with Crippen molar-refractivity contribution in [3.05, 3.63) is 71.3 Å². The van der Waals surface area contributed by atoms with Crippen LogP contribution in [0.1, 0.15) is 55.7 Å². The molecular formula is C27H33F6N. The van der Waals surface area contributed by atoms with E-state index in [2.05, 4.69) is 30.9 Å². The molecule has 34 heavy (non-hydrogen) atoms. The Hall–Kier alpha value is -2.02. The maximum absolute atomic E-state index is 13.2. The molecule has 0 radical (unpaired) electrons. The molecule has 0 heterocycles. The van der Waals surface area contributed by atoms with Gasteiger partial charge in [-0.2, -0.15) is 26.3 Å². The van der Waals surface area contributed by atoms with Gasteiger partial charge in [0.2, 0.25) is 0 Å². The van der Waals surface area contributed by atoms with Crippen LogP contribution in [0.5, 0.6) is 0 Å². The predicted octanol–water partition coefficient (Wildman–Crippen LogP) is 7.81. The summed E-state index contributed by atoms with van der Waals surface area (Å²) < 4.78 is 79.3. The fourth-order valence-corrected chi connectivity index (χ4v) is 5.16. The Morgan fingerprint density at radius 3 is 1.82 bits per heavy atom. The van der Waals surface area contributed by atoms with Crippen LogP contribution in [0.3, 0.4) is 0 Å². The van der Waals surface area contributed by atoms with E-state index in [4.69, 9.17) is 0 Å². The number of rotatable bonds is 9. The molecule has 3 unspecified atom stereocenters. The molecule has 0 aliphatic heterocycles. The van der Waals surface area contributed by atoms with E-state index in [0.29, 0.717) is 11.6 Å². The van der Waals surface area contributed by atoms with Crippen molar-refractivity contribution in [2.45, 2.75) is 70.3 Å². The lowest BCUT2D eigenvalue weighted by Gasteiger charge is -2.28.